The molecule has 2 rings (SSSR count). The van der Waals surface area contributed by atoms with Crippen molar-refractivity contribution in [1.82, 2.24) is 13.9 Å². The Kier molecular flexibility index (Phi) is 2.92. The molecule has 0 bridgehead atoms. The zero-order valence-electron chi connectivity index (χ0n) is 9.63. The van der Waals surface area contributed by atoms with E-state index in [4.69, 9.17) is 0 Å². The largest absolute Gasteiger partial charge is 0.337 e. The molecule has 0 amide bonds. The van der Waals surface area contributed by atoms with Crippen LogP contribution in [0.5, 0.6) is 0 Å². The Morgan fingerprint density at radius 1 is 1.41 bits per heavy atom. The van der Waals surface area contributed by atoms with Gasteiger partial charge in [0, 0.05) is 18.6 Å². The number of hydrogen-bond acceptors (Lipinski definition) is 5. The van der Waals surface area contributed by atoms with E-state index in [0.29, 0.717) is 17.2 Å². The Hall–Kier alpha value is -1.41. The van der Waals surface area contributed by atoms with Crippen LogP contribution in [0.15, 0.2) is 16.6 Å². The van der Waals surface area contributed by atoms with E-state index in [0.717, 1.165) is 0 Å². The van der Waals surface area contributed by atoms with Crippen LogP contribution in [-0.4, -0.2) is 22.3 Å². The van der Waals surface area contributed by atoms with Crippen LogP contribution >= 0.6 is 11.5 Å². The number of rotatable bonds is 3. The minimum Gasteiger partial charge on any atom is -0.337 e. The zero-order chi connectivity index (χ0) is 12.6. The van der Waals surface area contributed by atoms with Crippen molar-refractivity contribution in [3.63, 3.8) is 0 Å². The van der Waals surface area contributed by atoms with Crippen LogP contribution in [0.1, 0.15) is 11.5 Å². The molecule has 0 unspecified atom stereocenters. The summed E-state index contributed by atoms with van der Waals surface area (Å²) in [5, 5.41) is 1.67. The standard InChI is InChI=1S/C9H12N4O2S2/c1-6-8(5-16-11-6)12-17(14,15)9-4-13(3)7(2)10-9/h4-5,12H,1-3H3. The molecule has 0 saturated carbocycles. The number of hydrogen-bond donors (Lipinski definition) is 1. The number of sulfonamides is 1. The molecule has 0 spiro atoms. The summed E-state index contributed by atoms with van der Waals surface area (Å²) in [5.74, 6) is 0.644. The van der Waals surface area contributed by atoms with Crippen LogP contribution in [0.2, 0.25) is 0 Å². The quantitative estimate of drug-likeness (QED) is 0.913. The van der Waals surface area contributed by atoms with E-state index in [9.17, 15) is 8.42 Å². The summed E-state index contributed by atoms with van der Waals surface area (Å²) < 4.78 is 32.1. The average Bonchev–Trinajstić information content (AvgIpc) is 2.76. The molecular weight excluding hydrogens is 260 g/mol. The molecule has 0 aliphatic carbocycles. The van der Waals surface area contributed by atoms with Crippen LogP contribution < -0.4 is 4.72 Å². The van der Waals surface area contributed by atoms with Gasteiger partial charge in [-0.2, -0.15) is 12.8 Å². The van der Waals surface area contributed by atoms with Gasteiger partial charge in [0.15, 0.2) is 5.03 Å². The number of imidazole rings is 1. The van der Waals surface area contributed by atoms with Crippen LogP contribution in [0.3, 0.4) is 0 Å². The number of nitrogens with one attached hydrogen (secondary N) is 1. The molecule has 0 aliphatic heterocycles. The molecular formula is C9H12N4O2S2. The maximum atomic E-state index is 12.0. The Bertz CT molecular complexity index is 622. The molecule has 1 N–H and O–H groups in total. The van der Waals surface area contributed by atoms with E-state index in [2.05, 4.69) is 14.1 Å². The number of anilines is 1. The highest BCUT2D eigenvalue weighted by molar-refractivity contribution is 7.92. The second kappa shape index (κ2) is 4.11. The Balaban J connectivity index is 2.35. The molecule has 2 aromatic rings. The van der Waals surface area contributed by atoms with Crippen LogP contribution in [0.25, 0.3) is 0 Å². The van der Waals surface area contributed by atoms with Crippen LogP contribution in [0.4, 0.5) is 5.69 Å². The lowest BCUT2D eigenvalue weighted by molar-refractivity contribution is 0.598. The molecule has 8 heteroatoms. The van der Waals surface area contributed by atoms with E-state index in [1.165, 1.54) is 17.7 Å². The third-order valence-electron chi connectivity index (χ3n) is 2.36. The lowest BCUT2D eigenvalue weighted by atomic mass is 10.4. The first-order valence-corrected chi connectivity index (χ1v) is 7.16. The molecule has 0 radical (unpaired) electrons. The van der Waals surface area contributed by atoms with Crippen molar-refractivity contribution in [3.8, 4) is 0 Å². The molecule has 6 nitrogen and oxygen atoms in total. The molecule has 0 atom stereocenters. The first-order valence-electron chi connectivity index (χ1n) is 4.84. The lowest BCUT2D eigenvalue weighted by Gasteiger charge is -2.03. The van der Waals surface area contributed by atoms with Gasteiger partial charge in [-0.25, -0.2) is 4.98 Å². The summed E-state index contributed by atoms with van der Waals surface area (Å²) in [7, 11) is -1.87. The van der Waals surface area contributed by atoms with E-state index in [1.54, 1.807) is 30.8 Å². The van der Waals surface area contributed by atoms with Crippen molar-refractivity contribution in [3.05, 3.63) is 23.1 Å². The molecule has 0 fully saturated rings. The van der Waals surface area contributed by atoms with Gasteiger partial charge in [-0.05, 0) is 25.4 Å². The highest BCUT2D eigenvalue weighted by Crippen LogP contribution is 2.20. The highest BCUT2D eigenvalue weighted by Gasteiger charge is 2.19. The molecule has 2 aromatic heterocycles. The van der Waals surface area contributed by atoms with Gasteiger partial charge in [0.25, 0.3) is 10.0 Å². The lowest BCUT2D eigenvalue weighted by Crippen LogP contribution is -2.13. The van der Waals surface area contributed by atoms with Gasteiger partial charge >= 0.3 is 0 Å². The maximum absolute atomic E-state index is 12.0. The van der Waals surface area contributed by atoms with Crippen molar-refractivity contribution in [2.75, 3.05) is 4.72 Å². The fraction of sp³-hybridized carbons (Fsp3) is 0.333. The fourth-order valence-electron chi connectivity index (χ4n) is 1.24. The molecule has 0 aliphatic rings. The van der Waals surface area contributed by atoms with Crippen molar-refractivity contribution >= 4 is 27.2 Å². The first-order chi connectivity index (χ1) is 7.90. The van der Waals surface area contributed by atoms with Gasteiger partial charge < -0.3 is 4.57 Å². The Morgan fingerprint density at radius 2 is 2.12 bits per heavy atom. The van der Waals surface area contributed by atoms with Gasteiger partial charge in [0.2, 0.25) is 0 Å². The molecule has 17 heavy (non-hydrogen) atoms. The highest BCUT2D eigenvalue weighted by atomic mass is 32.2. The zero-order valence-corrected chi connectivity index (χ0v) is 11.3. The Morgan fingerprint density at radius 3 is 2.59 bits per heavy atom. The first kappa shape index (κ1) is 12.1. The summed E-state index contributed by atoms with van der Waals surface area (Å²) in [6, 6.07) is 0. The normalized spacial score (nSPS) is 11.7. The van der Waals surface area contributed by atoms with E-state index in [1.807, 2.05) is 0 Å². The van der Waals surface area contributed by atoms with Gasteiger partial charge in [-0.3, -0.25) is 4.72 Å². The SMILES string of the molecule is Cc1nscc1NS(=O)(=O)c1cn(C)c(C)n1. The molecule has 2 heterocycles. The van der Waals surface area contributed by atoms with Crippen molar-refractivity contribution in [1.29, 1.82) is 0 Å². The summed E-state index contributed by atoms with van der Waals surface area (Å²) in [6.45, 7) is 3.49. The van der Waals surface area contributed by atoms with Crippen molar-refractivity contribution < 1.29 is 8.42 Å². The number of aryl methyl sites for hydroxylation is 3. The smallest absolute Gasteiger partial charge is 0.281 e. The third kappa shape index (κ3) is 2.32. The Labute approximate surface area is 104 Å². The molecule has 0 aromatic carbocycles. The fourth-order valence-corrected chi connectivity index (χ4v) is 3.11. The van der Waals surface area contributed by atoms with E-state index < -0.39 is 10.0 Å². The summed E-state index contributed by atoms with van der Waals surface area (Å²) in [4.78, 5) is 3.99. The van der Waals surface area contributed by atoms with Crippen molar-refractivity contribution in [2.45, 2.75) is 18.9 Å². The summed E-state index contributed by atoms with van der Waals surface area (Å²) in [5.41, 5.74) is 1.16. The second-order valence-electron chi connectivity index (χ2n) is 3.66. The minimum atomic E-state index is -3.62. The molecule has 0 saturated heterocycles. The third-order valence-corrected chi connectivity index (χ3v) is 4.31. The van der Waals surface area contributed by atoms with Crippen molar-refractivity contribution in [2.24, 2.45) is 7.05 Å². The average molecular weight is 272 g/mol. The molecule has 92 valence electrons. The van der Waals surface area contributed by atoms with Gasteiger partial charge in [0.05, 0.1) is 11.4 Å². The predicted molar refractivity (Wildman–Crippen MR) is 65.6 cm³/mol. The second-order valence-corrected chi connectivity index (χ2v) is 5.91. The van der Waals surface area contributed by atoms with Gasteiger partial charge in [-0.15, -0.1) is 0 Å². The minimum absolute atomic E-state index is 0.0168. The predicted octanol–water partition coefficient (Wildman–Crippen LogP) is 1.29. The number of aromatic nitrogens is 3. The summed E-state index contributed by atoms with van der Waals surface area (Å²) in [6.07, 6.45) is 1.48. The monoisotopic (exact) mass is 272 g/mol. The van der Waals surface area contributed by atoms with Gasteiger partial charge in [-0.1, -0.05) is 0 Å². The maximum Gasteiger partial charge on any atom is 0.281 e. The summed E-state index contributed by atoms with van der Waals surface area (Å²) >= 11 is 1.21. The van der Waals surface area contributed by atoms with Crippen LogP contribution in [0, 0.1) is 13.8 Å². The van der Waals surface area contributed by atoms with Gasteiger partial charge in [0.1, 0.15) is 5.82 Å². The number of nitrogens with zero attached hydrogens (tertiary/aromatic N) is 3. The van der Waals surface area contributed by atoms with Crippen LogP contribution in [-0.2, 0) is 17.1 Å². The van der Waals surface area contributed by atoms with E-state index >= 15 is 0 Å². The topological polar surface area (TPSA) is 76.9 Å². The van der Waals surface area contributed by atoms with E-state index in [-0.39, 0.29) is 5.03 Å².